The molecule has 3 saturated heterocycles. The molecule has 0 saturated carbocycles. The Hall–Kier alpha value is -2.71. The topological polar surface area (TPSA) is 87.1 Å². The average Bonchev–Trinajstić information content (AvgIpc) is 3.27. The van der Waals surface area contributed by atoms with Gasteiger partial charge in [-0.3, -0.25) is 29.7 Å². The van der Waals surface area contributed by atoms with Crippen molar-refractivity contribution in [2.24, 2.45) is 0 Å². The molecular formula is C50H84Br2FN9OSi2. The van der Waals surface area contributed by atoms with Crippen LogP contribution in [0.1, 0.15) is 66.9 Å². The van der Waals surface area contributed by atoms with Crippen LogP contribution in [0.3, 0.4) is 0 Å². The van der Waals surface area contributed by atoms with Crippen LogP contribution in [0.2, 0.25) is 39.3 Å². The molecule has 364 valence electrons. The second-order valence-electron chi connectivity index (χ2n) is 19.2. The molecule has 0 aromatic carbocycles. The molecule has 3 aliphatic rings. The number of piperazine rings is 3. The third-order valence-corrected chi connectivity index (χ3v) is 12.9. The van der Waals surface area contributed by atoms with Gasteiger partial charge in [-0.15, -0.1) is 17.5 Å². The average molecular weight is 1060 g/mol. The fraction of sp³-hybridized carbons (Fsp3) is 0.620. The van der Waals surface area contributed by atoms with Crippen molar-refractivity contribution >= 4 is 59.4 Å². The van der Waals surface area contributed by atoms with Gasteiger partial charge in [0, 0.05) is 136 Å². The van der Waals surface area contributed by atoms with Gasteiger partial charge in [-0.1, -0.05) is 58.5 Å². The van der Waals surface area contributed by atoms with Crippen LogP contribution < -0.4 is 15.1 Å². The van der Waals surface area contributed by atoms with Crippen LogP contribution in [0.5, 0.6) is 0 Å². The Bertz CT molecular complexity index is 1800. The minimum atomic E-state index is -1.33. The Labute approximate surface area is 414 Å². The lowest BCUT2D eigenvalue weighted by Gasteiger charge is -2.38. The van der Waals surface area contributed by atoms with Gasteiger partial charge in [0.25, 0.3) is 0 Å². The molecule has 10 nitrogen and oxygen atoms in total. The van der Waals surface area contributed by atoms with Crippen LogP contribution >= 0.6 is 31.9 Å². The van der Waals surface area contributed by atoms with Gasteiger partial charge in [-0.25, -0.2) is 4.39 Å². The number of rotatable bonds is 7. The number of pyridine rings is 3. The number of aromatic nitrogens is 3. The molecule has 0 radical (unpaired) electrons. The molecule has 0 aliphatic carbocycles. The van der Waals surface area contributed by atoms with Crippen molar-refractivity contribution in [3.63, 3.8) is 0 Å². The zero-order valence-corrected chi connectivity index (χ0v) is 47.4. The van der Waals surface area contributed by atoms with Crippen LogP contribution in [0, 0.1) is 29.2 Å². The number of nitrogens with zero attached hydrogens (tertiary/aromatic N) is 8. The quantitative estimate of drug-likeness (QED) is 0.176. The summed E-state index contributed by atoms with van der Waals surface area (Å²) in [7, 11) is -2.43. The van der Waals surface area contributed by atoms with E-state index in [0.717, 1.165) is 101 Å². The van der Waals surface area contributed by atoms with Crippen molar-refractivity contribution in [3.8, 4) is 23.4 Å². The molecular weight excluding hydrogens is 978 g/mol. The van der Waals surface area contributed by atoms with Crippen molar-refractivity contribution < 1.29 is 9.50 Å². The highest BCUT2D eigenvalue weighted by Crippen LogP contribution is 2.21. The zero-order chi connectivity index (χ0) is 49.0. The number of anilines is 2. The third kappa shape index (κ3) is 28.9. The number of terminal acetylenes is 1. The van der Waals surface area contributed by atoms with Crippen molar-refractivity contribution in [2.45, 2.75) is 119 Å². The summed E-state index contributed by atoms with van der Waals surface area (Å²) in [5.74, 6) is 2.98. The Morgan fingerprint density at radius 2 is 1.06 bits per heavy atom. The van der Waals surface area contributed by atoms with E-state index in [1.165, 1.54) is 36.7 Å². The van der Waals surface area contributed by atoms with Crippen molar-refractivity contribution in [1.29, 1.82) is 0 Å². The summed E-state index contributed by atoms with van der Waals surface area (Å²) >= 11 is 6.52. The predicted octanol–water partition coefficient (Wildman–Crippen LogP) is 9.77. The Morgan fingerprint density at radius 1 is 0.646 bits per heavy atom. The first-order valence-corrected chi connectivity index (χ1v) is 32.0. The molecule has 0 unspecified atom stereocenters. The summed E-state index contributed by atoms with van der Waals surface area (Å²) in [4.78, 5) is 24.5. The van der Waals surface area contributed by atoms with E-state index in [1.54, 1.807) is 0 Å². The number of aliphatic hydroxyl groups excluding tert-OH is 1. The lowest BCUT2D eigenvalue weighted by Crippen LogP contribution is -2.48. The Kier molecular flexibility index (Phi) is 30.5. The third-order valence-electron chi connectivity index (χ3n) is 10.3. The van der Waals surface area contributed by atoms with Crippen LogP contribution in [-0.4, -0.2) is 154 Å². The predicted molar refractivity (Wildman–Crippen MR) is 290 cm³/mol. The van der Waals surface area contributed by atoms with E-state index < -0.39 is 16.1 Å². The van der Waals surface area contributed by atoms with Gasteiger partial charge >= 0.3 is 0 Å². The normalized spacial score (nSPS) is 15.8. The summed E-state index contributed by atoms with van der Waals surface area (Å²) in [5.41, 5.74) is 9.63. The van der Waals surface area contributed by atoms with E-state index in [-0.39, 0.29) is 5.82 Å². The molecule has 3 aromatic heterocycles. The molecule has 65 heavy (non-hydrogen) atoms. The maximum Gasteiger partial charge on any atom is 0.142 e. The smallest absolute Gasteiger partial charge is 0.142 e. The standard InChI is InChI=1S/C17H27N3Si.C12H18BrN3.C7H16N2.C5H3BrFN.C5H10Si.C4H10O/c1-15(2)19-7-9-20(10-8-19)17-12-16(13-18-14-17)6-11-21(3,4)5;1-10(2)15-3-5-16(6-4-15)12-7-11(13)8-14-9-12;1-7(2)9-5-3-8-4-6-9;6-4-1-5(7)3-8-2-4;1-5-6(2,3)4;1-2-3-4-5/h12-15H,7-10H2,1-5H3;7-10H,3-6H2,1-2H3;7-8H,3-6H2,1-2H3;1-3H;1H,2-4H3;5H,2-4H2,1H3. The van der Waals surface area contributed by atoms with Crippen LogP contribution in [0.25, 0.3) is 0 Å². The first-order valence-electron chi connectivity index (χ1n) is 23.4. The first-order chi connectivity index (χ1) is 30.6. The first kappa shape index (κ1) is 60.3. The SMILES string of the molecule is C#C[Si](C)(C)C.CC(C)N1CCN(c2cncc(Br)c2)CC1.CC(C)N1CCN(c2cncc(C#C[Si](C)(C)C)c2)CC1.CC(C)N1CCNCC1.CCCCO.Fc1cncc(Br)c1. The second-order valence-corrected chi connectivity index (χ2v) is 30.6. The number of nitrogens with one attached hydrogen (secondary N) is 1. The van der Waals surface area contributed by atoms with Crippen molar-refractivity contribution in [2.75, 3.05) is 94.9 Å². The molecule has 3 fully saturated rings. The minimum Gasteiger partial charge on any atom is -0.396 e. The number of hydrogen-bond donors (Lipinski definition) is 2. The second kappa shape index (κ2) is 32.9. The molecule has 0 amide bonds. The van der Waals surface area contributed by atoms with E-state index in [4.69, 9.17) is 11.5 Å². The van der Waals surface area contributed by atoms with Crippen molar-refractivity contribution in [1.82, 2.24) is 35.0 Å². The highest BCUT2D eigenvalue weighted by molar-refractivity contribution is 9.10. The van der Waals surface area contributed by atoms with E-state index in [1.807, 2.05) is 24.8 Å². The largest absolute Gasteiger partial charge is 0.396 e. The molecule has 0 bridgehead atoms. The van der Waals surface area contributed by atoms with Gasteiger partial charge in [0.15, 0.2) is 0 Å². The van der Waals surface area contributed by atoms with Crippen LogP contribution in [0.15, 0.2) is 64.3 Å². The van der Waals surface area contributed by atoms with E-state index in [9.17, 15) is 4.39 Å². The van der Waals surface area contributed by atoms with E-state index in [2.05, 4.69) is 194 Å². The summed E-state index contributed by atoms with van der Waals surface area (Å²) in [6.45, 7) is 42.8. The fourth-order valence-corrected chi connectivity index (χ4v) is 7.45. The molecule has 15 heteroatoms. The summed E-state index contributed by atoms with van der Waals surface area (Å²) in [6, 6.07) is 7.70. The lowest BCUT2D eigenvalue weighted by atomic mass is 10.2. The van der Waals surface area contributed by atoms with E-state index in [0.29, 0.717) is 23.2 Å². The van der Waals surface area contributed by atoms with Gasteiger partial charge in [0.1, 0.15) is 22.0 Å². The number of halogens is 3. The van der Waals surface area contributed by atoms with Crippen LogP contribution in [0.4, 0.5) is 15.8 Å². The fourth-order valence-electron chi connectivity index (χ4n) is 6.24. The highest BCUT2D eigenvalue weighted by Gasteiger charge is 2.20. The van der Waals surface area contributed by atoms with Gasteiger partial charge in [0.2, 0.25) is 0 Å². The number of hydrogen-bond acceptors (Lipinski definition) is 10. The minimum absolute atomic E-state index is 0.320. The monoisotopic (exact) mass is 1060 g/mol. The maximum atomic E-state index is 12.1. The molecule has 3 aliphatic heterocycles. The summed E-state index contributed by atoms with van der Waals surface area (Å²) < 4.78 is 13.8. The molecule has 3 aromatic rings. The Morgan fingerprint density at radius 3 is 1.38 bits per heavy atom. The summed E-state index contributed by atoms with van der Waals surface area (Å²) in [5, 5.41) is 11.4. The molecule has 0 atom stereocenters. The molecule has 6 heterocycles. The van der Waals surface area contributed by atoms with Crippen LogP contribution in [-0.2, 0) is 0 Å². The maximum absolute atomic E-state index is 12.1. The van der Waals surface area contributed by atoms with Gasteiger partial charge in [0.05, 0.1) is 30.0 Å². The van der Waals surface area contributed by atoms with Gasteiger partial charge in [-0.05, 0) is 98.0 Å². The summed E-state index contributed by atoms with van der Waals surface area (Å²) in [6.07, 6.45) is 17.5. The Balaban J connectivity index is 0.000000422. The highest BCUT2D eigenvalue weighted by atomic mass is 79.9. The zero-order valence-electron chi connectivity index (χ0n) is 42.3. The van der Waals surface area contributed by atoms with Gasteiger partial charge in [-0.2, -0.15) is 0 Å². The number of aliphatic hydroxyl groups is 1. The molecule has 2 N–H and O–H groups in total. The molecule has 0 spiro atoms. The lowest BCUT2D eigenvalue weighted by molar-refractivity contribution is 0.196. The van der Waals surface area contributed by atoms with Crippen molar-refractivity contribution in [3.05, 3.63) is 75.7 Å². The van der Waals surface area contributed by atoms with Gasteiger partial charge < -0.3 is 20.2 Å². The molecule has 6 rings (SSSR count). The number of unbranched alkanes of at least 4 members (excludes halogenated alkanes) is 1. The van der Waals surface area contributed by atoms with E-state index >= 15 is 0 Å².